The summed E-state index contributed by atoms with van der Waals surface area (Å²) in [6, 6.07) is 6.50. The normalized spacial score (nSPS) is 16.1. The summed E-state index contributed by atoms with van der Waals surface area (Å²) < 4.78 is 62.2. The first kappa shape index (κ1) is 29.5. The molecule has 1 aliphatic heterocycles. The van der Waals surface area contributed by atoms with Gasteiger partial charge in [0.15, 0.2) is 11.6 Å². The van der Waals surface area contributed by atoms with Gasteiger partial charge in [-0.2, -0.15) is 0 Å². The number of pyridine rings is 1. The van der Waals surface area contributed by atoms with Gasteiger partial charge in [0.2, 0.25) is 0 Å². The number of halogens is 4. The number of benzene rings is 2. The maximum atomic E-state index is 15.9. The SMILES string of the molecule is COc1ccc2ncc(CN)c(C(F)CCC3(CC(=O)O)CCN(CCNc4c(F)cc(F)cc4F)CC3)c2c1. The molecule has 1 saturated heterocycles. The average Bonchev–Trinajstić information content (AvgIpc) is 2.92. The lowest BCUT2D eigenvalue weighted by molar-refractivity contribution is -0.141. The van der Waals surface area contributed by atoms with E-state index < -0.39 is 35.0 Å². The van der Waals surface area contributed by atoms with E-state index in [4.69, 9.17) is 10.5 Å². The molecule has 4 rings (SSSR count). The minimum absolute atomic E-state index is 0.0769. The van der Waals surface area contributed by atoms with E-state index in [1.54, 1.807) is 24.4 Å². The summed E-state index contributed by atoms with van der Waals surface area (Å²) in [5.74, 6) is -3.36. The van der Waals surface area contributed by atoms with E-state index in [0.717, 1.165) is 0 Å². The molecular formula is C29H34F4N4O3. The summed E-state index contributed by atoms with van der Waals surface area (Å²) in [6.45, 7) is 1.91. The second-order valence-electron chi connectivity index (χ2n) is 10.4. The van der Waals surface area contributed by atoms with Gasteiger partial charge in [-0.25, -0.2) is 17.6 Å². The van der Waals surface area contributed by atoms with E-state index in [0.29, 0.717) is 78.8 Å². The molecule has 1 unspecified atom stereocenters. The summed E-state index contributed by atoms with van der Waals surface area (Å²) in [4.78, 5) is 18.2. The highest BCUT2D eigenvalue weighted by Gasteiger charge is 2.37. The van der Waals surface area contributed by atoms with Crippen LogP contribution in [0.2, 0.25) is 0 Å². The molecule has 2 aromatic carbocycles. The van der Waals surface area contributed by atoms with Crippen LogP contribution < -0.4 is 15.8 Å². The number of hydrogen-bond donors (Lipinski definition) is 3. The standard InChI is InChI=1S/C29H34F4N4O3/c1-40-20-2-3-25-21(14-20)27(18(16-34)17-36-25)22(31)4-5-29(15-26(38)39)6-9-37(10-7-29)11-8-35-28-23(32)12-19(30)13-24(28)33/h2-3,12-14,17,22,35H,4-11,15-16,34H2,1H3,(H,38,39). The smallest absolute Gasteiger partial charge is 0.303 e. The number of carbonyl (C=O) groups is 1. The van der Waals surface area contributed by atoms with Crippen LogP contribution in [-0.4, -0.2) is 54.2 Å². The molecule has 3 aromatic rings. The number of alkyl halides is 1. The first-order chi connectivity index (χ1) is 19.1. The van der Waals surface area contributed by atoms with Gasteiger partial charge in [-0.3, -0.25) is 9.78 Å². The third-order valence-electron chi connectivity index (χ3n) is 7.84. The number of anilines is 1. The van der Waals surface area contributed by atoms with Crippen LogP contribution in [0.5, 0.6) is 5.75 Å². The number of nitrogens with two attached hydrogens (primary N) is 1. The van der Waals surface area contributed by atoms with Gasteiger partial charge in [-0.15, -0.1) is 0 Å². The molecule has 4 N–H and O–H groups in total. The summed E-state index contributed by atoms with van der Waals surface area (Å²) >= 11 is 0. The first-order valence-corrected chi connectivity index (χ1v) is 13.3. The summed E-state index contributed by atoms with van der Waals surface area (Å²) in [6.07, 6.45) is 1.72. The minimum atomic E-state index is -1.37. The fourth-order valence-corrected chi connectivity index (χ4v) is 5.61. The number of aromatic nitrogens is 1. The van der Waals surface area contributed by atoms with Crippen molar-refractivity contribution in [2.75, 3.05) is 38.6 Å². The molecular weight excluding hydrogens is 528 g/mol. The molecule has 0 saturated carbocycles. The zero-order valence-electron chi connectivity index (χ0n) is 22.4. The van der Waals surface area contributed by atoms with Gasteiger partial charge in [-0.1, -0.05) is 0 Å². The Hall–Kier alpha value is -3.44. The Bertz CT molecular complexity index is 1320. The number of piperidine rings is 1. The van der Waals surface area contributed by atoms with Crippen molar-refractivity contribution in [3.63, 3.8) is 0 Å². The van der Waals surface area contributed by atoms with Gasteiger partial charge < -0.3 is 25.8 Å². The Balaban J connectivity index is 1.41. The van der Waals surface area contributed by atoms with Gasteiger partial charge in [0.25, 0.3) is 0 Å². The number of nitrogens with zero attached hydrogens (tertiary/aromatic N) is 2. The highest BCUT2D eigenvalue weighted by molar-refractivity contribution is 5.85. The van der Waals surface area contributed by atoms with Crippen molar-refractivity contribution in [2.45, 2.75) is 44.8 Å². The van der Waals surface area contributed by atoms with E-state index >= 15 is 4.39 Å². The molecule has 2 heterocycles. The highest BCUT2D eigenvalue weighted by Crippen LogP contribution is 2.43. The molecule has 0 aliphatic carbocycles. The molecule has 0 bridgehead atoms. The number of likely N-dealkylation sites (tertiary alicyclic amines) is 1. The molecule has 7 nitrogen and oxygen atoms in total. The van der Waals surface area contributed by atoms with E-state index in [-0.39, 0.29) is 31.6 Å². The van der Waals surface area contributed by atoms with Crippen molar-refractivity contribution < 1.29 is 32.2 Å². The van der Waals surface area contributed by atoms with Gasteiger partial charge in [0, 0.05) is 48.9 Å². The molecule has 1 atom stereocenters. The average molecular weight is 563 g/mol. The fourth-order valence-electron chi connectivity index (χ4n) is 5.61. The summed E-state index contributed by atoms with van der Waals surface area (Å²) in [7, 11) is 1.53. The second-order valence-corrected chi connectivity index (χ2v) is 10.4. The molecule has 1 aromatic heterocycles. The molecule has 40 heavy (non-hydrogen) atoms. The van der Waals surface area contributed by atoms with E-state index in [1.165, 1.54) is 7.11 Å². The van der Waals surface area contributed by atoms with Gasteiger partial charge >= 0.3 is 5.97 Å². The third kappa shape index (κ3) is 6.82. The number of nitrogens with one attached hydrogen (secondary N) is 1. The number of hydrogen-bond acceptors (Lipinski definition) is 6. The predicted octanol–water partition coefficient (Wildman–Crippen LogP) is 5.58. The predicted molar refractivity (Wildman–Crippen MR) is 144 cm³/mol. The maximum Gasteiger partial charge on any atom is 0.303 e. The minimum Gasteiger partial charge on any atom is -0.497 e. The van der Waals surface area contributed by atoms with Crippen molar-refractivity contribution in [3.8, 4) is 5.75 Å². The van der Waals surface area contributed by atoms with Crippen LogP contribution in [0.3, 0.4) is 0 Å². The summed E-state index contributed by atoms with van der Waals surface area (Å²) in [5.41, 5.74) is 6.62. The summed E-state index contributed by atoms with van der Waals surface area (Å²) in [5, 5.41) is 12.9. The highest BCUT2D eigenvalue weighted by atomic mass is 19.1. The molecule has 1 aliphatic rings. The lowest BCUT2D eigenvalue weighted by Gasteiger charge is -2.41. The lowest BCUT2D eigenvalue weighted by atomic mass is 9.71. The van der Waals surface area contributed by atoms with Crippen molar-refractivity contribution in [2.24, 2.45) is 11.1 Å². The largest absolute Gasteiger partial charge is 0.497 e. The first-order valence-electron chi connectivity index (χ1n) is 13.3. The van der Waals surface area contributed by atoms with Crippen LogP contribution in [-0.2, 0) is 11.3 Å². The number of fused-ring (bicyclic) bond motifs is 1. The Morgan fingerprint density at radius 2 is 1.90 bits per heavy atom. The van der Waals surface area contributed by atoms with Gasteiger partial charge in [-0.05, 0) is 68.0 Å². The van der Waals surface area contributed by atoms with Crippen molar-refractivity contribution in [3.05, 3.63) is 65.1 Å². The number of methoxy groups -OCH3 is 1. The maximum absolute atomic E-state index is 15.9. The number of rotatable bonds is 12. The third-order valence-corrected chi connectivity index (χ3v) is 7.84. The number of aliphatic carboxylic acids is 1. The Labute approximate surface area is 230 Å². The zero-order chi connectivity index (χ0) is 28.9. The fraction of sp³-hybridized carbons (Fsp3) is 0.448. The Morgan fingerprint density at radius 3 is 2.52 bits per heavy atom. The van der Waals surface area contributed by atoms with E-state index in [2.05, 4.69) is 15.2 Å². The Morgan fingerprint density at radius 1 is 1.20 bits per heavy atom. The van der Waals surface area contributed by atoms with Crippen molar-refractivity contribution in [1.29, 1.82) is 0 Å². The quantitative estimate of drug-likeness (QED) is 0.248. The van der Waals surface area contributed by atoms with Crippen molar-refractivity contribution in [1.82, 2.24) is 9.88 Å². The van der Waals surface area contributed by atoms with E-state index in [9.17, 15) is 23.1 Å². The monoisotopic (exact) mass is 562 g/mol. The molecule has 0 spiro atoms. The Kier molecular flexibility index (Phi) is 9.47. The number of carboxylic acids is 1. The molecule has 0 radical (unpaired) electrons. The number of carboxylic acid groups (broad SMARTS) is 1. The molecule has 216 valence electrons. The van der Waals surface area contributed by atoms with Crippen molar-refractivity contribution >= 4 is 22.6 Å². The van der Waals surface area contributed by atoms with Crippen LogP contribution in [0.1, 0.15) is 49.4 Å². The molecule has 0 amide bonds. The molecule has 11 heteroatoms. The van der Waals surface area contributed by atoms with E-state index in [1.807, 2.05) is 0 Å². The van der Waals surface area contributed by atoms with Crippen LogP contribution >= 0.6 is 0 Å². The molecule has 1 fully saturated rings. The van der Waals surface area contributed by atoms with Gasteiger partial charge in [0.1, 0.15) is 23.4 Å². The van der Waals surface area contributed by atoms with Crippen LogP contribution in [0.4, 0.5) is 23.2 Å². The lowest BCUT2D eigenvalue weighted by Crippen LogP contribution is -2.43. The van der Waals surface area contributed by atoms with Crippen LogP contribution in [0, 0.1) is 22.9 Å². The van der Waals surface area contributed by atoms with Crippen LogP contribution in [0.15, 0.2) is 36.5 Å². The topological polar surface area (TPSA) is 101 Å². The van der Waals surface area contributed by atoms with Crippen LogP contribution in [0.25, 0.3) is 10.9 Å². The van der Waals surface area contributed by atoms with Gasteiger partial charge in [0.05, 0.1) is 19.0 Å². The second kappa shape index (κ2) is 12.8. The zero-order valence-corrected chi connectivity index (χ0v) is 22.4. The number of ether oxygens (including phenoxy) is 1.